The molecular weight excluding hydrogens is 374 g/mol. The average molecular weight is 392 g/mol. The summed E-state index contributed by atoms with van der Waals surface area (Å²) in [7, 11) is 0. The van der Waals surface area contributed by atoms with Gasteiger partial charge in [-0.25, -0.2) is 0 Å². The predicted molar refractivity (Wildman–Crippen MR) is 94.2 cm³/mol. The highest BCUT2D eigenvalue weighted by Gasteiger charge is 2.24. The van der Waals surface area contributed by atoms with Crippen molar-refractivity contribution in [2.75, 3.05) is 25.0 Å². The Balaban J connectivity index is 1.74. The molecule has 2 N–H and O–H groups in total. The van der Waals surface area contributed by atoms with Crippen LogP contribution in [0.25, 0.3) is 0 Å². The van der Waals surface area contributed by atoms with E-state index in [1.807, 2.05) is 11.8 Å². The maximum atomic E-state index is 12.7. The molecule has 3 rings (SSSR count). The van der Waals surface area contributed by atoms with Gasteiger partial charge >= 0.3 is 0 Å². The Morgan fingerprint density at radius 2 is 2.17 bits per heavy atom. The van der Waals surface area contributed by atoms with Gasteiger partial charge < -0.3 is 20.0 Å². The molecule has 6 nitrogen and oxygen atoms in total. The van der Waals surface area contributed by atoms with E-state index in [2.05, 4.69) is 26.6 Å². The first kappa shape index (κ1) is 16.7. The predicted octanol–water partition coefficient (Wildman–Crippen LogP) is 2.73. The van der Waals surface area contributed by atoms with Gasteiger partial charge in [0.05, 0.1) is 0 Å². The third-order valence-electron chi connectivity index (χ3n) is 3.93. The summed E-state index contributed by atoms with van der Waals surface area (Å²) in [6.45, 7) is 4.27. The summed E-state index contributed by atoms with van der Waals surface area (Å²) in [5, 5.41) is 6.01. The number of halogens is 1. The number of rotatable bonds is 3. The van der Waals surface area contributed by atoms with Gasteiger partial charge in [-0.1, -0.05) is 6.07 Å². The summed E-state index contributed by atoms with van der Waals surface area (Å²) in [6.07, 6.45) is 0. The number of benzene rings is 1. The second-order valence-corrected chi connectivity index (χ2v) is 6.47. The van der Waals surface area contributed by atoms with Crippen molar-refractivity contribution in [1.82, 2.24) is 10.2 Å². The second-order valence-electron chi connectivity index (χ2n) is 5.69. The number of hydrogen-bond acceptors (Lipinski definition) is 4. The molecule has 1 aromatic carbocycles. The molecule has 1 atom stereocenters. The van der Waals surface area contributed by atoms with Crippen molar-refractivity contribution in [3.05, 3.63) is 52.4 Å². The number of furan rings is 1. The summed E-state index contributed by atoms with van der Waals surface area (Å²) >= 11 is 3.16. The summed E-state index contributed by atoms with van der Waals surface area (Å²) in [4.78, 5) is 26.7. The number of amides is 2. The zero-order valence-corrected chi connectivity index (χ0v) is 14.8. The monoisotopic (exact) mass is 391 g/mol. The number of anilines is 1. The van der Waals surface area contributed by atoms with E-state index in [0.29, 0.717) is 22.5 Å². The normalized spacial score (nSPS) is 17.6. The molecule has 1 aliphatic heterocycles. The second kappa shape index (κ2) is 7.19. The van der Waals surface area contributed by atoms with Crippen LogP contribution in [0.1, 0.15) is 27.8 Å². The number of piperazine rings is 1. The summed E-state index contributed by atoms with van der Waals surface area (Å²) < 4.78 is 5.72. The van der Waals surface area contributed by atoms with Gasteiger partial charge in [0, 0.05) is 36.9 Å². The Kier molecular flexibility index (Phi) is 5.01. The summed E-state index contributed by atoms with van der Waals surface area (Å²) in [5.41, 5.74) is 1.11. The summed E-state index contributed by atoms with van der Waals surface area (Å²) in [6, 6.07) is 10.3. The van der Waals surface area contributed by atoms with Crippen molar-refractivity contribution in [3.8, 4) is 0 Å². The van der Waals surface area contributed by atoms with Crippen LogP contribution in [-0.4, -0.2) is 42.4 Å². The SMILES string of the molecule is C[C@H]1CNCCN1C(=O)c1cccc(NC(=O)c2ccc(Br)o2)c1. The number of nitrogens with zero attached hydrogens (tertiary/aromatic N) is 1. The van der Waals surface area contributed by atoms with E-state index in [-0.39, 0.29) is 23.6 Å². The maximum Gasteiger partial charge on any atom is 0.291 e. The number of carbonyl (C=O) groups is 2. The average Bonchev–Trinajstić information content (AvgIpc) is 3.01. The lowest BCUT2D eigenvalue weighted by molar-refractivity contribution is 0.0655. The minimum Gasteiger partial charge on any atom is -0.444 e. The summed E-state index contributed by atoms with van der Waals surface area (Å²) in [5.74, 6) is -0.184. The first-order valence-electron chi connectivity index (χ1n) is 7.73. The molecule has 1 aromatic heterocycles. The van der Waals surface area contributed by atoms with Crippen LogP contribution in [0.2, 0.25) is 0 Å². The Labute approximate surface area is 148 Å². The van der Waals surface area contributed by atoms with Crippen molar-refractivity contribution in [3.63, 3.8) is 0 Å². The van der Waals surface area contributed by atoms with Gasteiger partial charge in [-0.05, 0) is 53.2 Å². The van der Waals surface area contributed by atoms with E-state index in [4.69, 9.17) is 4.42 Å². The van der Waals surface area contributed by atoms with Gasteiger partial charge in [-0.15, -0.1) is 0 Å². The van der Waals surface area contributed by atoms with Gasteiger partial charge in [0.1, 0.15) is 0 Å². The highest BCUT2D eigenvalue weighted by atomic mass is 79.9. The van der Waals surface area contributed by atoms with Crippen molar-refractivity contribution >= 4 is 33.4 Å². The Morgan fingerprint density at radius 3 is 2.88 bits per heavy atom. The smallest absolute Gasteiger partial charge is 0.291 e. The van der Waals surface area contributed by atoms with Crippen molar-refractivity contribution in [2.45, 2.75) is 13.0 Å². The molecule has 24 heavy (non-hydrogen) atoms. The van der Waals surface area contributed by atoms with Crippen LogP contribution in [-0.2, 0) is 0 Å². The van der Waals surface area contributed by atoms with E-state index < -0.39 is 0 Å². The maximum absolute atomic E-state index is 12.7. The Hall–Kier alpha value is -2.12. The fourth-order valence-corrected chi connectivity index (χ4v) is 2.97. The van der Waals surface area contributed by atoms with E-state index in [1.165, 1.54) is 0 Å². The number of carbonyl (C=O) groups excluding carboxylic acids is 2. The molecule has 0 spiro atoms. The van der Waals surface area contributed by atoms with E-state index in [0.717, 1.165) is 13.1 Å². The highest BCUT2D eigenvalue weighted by Crippen LogP contribution is 2.18. The molecule has 0 radical (unpaired) electrons. The van der Waals surface area contributed by atoms with Gasteiger partial charge in [0.2, 0.25) is 0 Å². The highest BCUT2D eigenvalue weighted by molar-refractivity contribution is 9.10. The lowest BCUT2D eigenvalue weighted by Crippen LogP contribution is -2.52. The van der Waals surface area contributed by atoms with Crippen LogP contribution in [0.3, 0.4) is 0 Å². The largest absolute Gasteiger partial charge is 0.444 e. The topological polar surface area (TPSA) is 74.6 Å². The zero-order chi connectivity index (χ0) is 17.1. The molecule has 0 bridgehead atoms. The molecule has 0 aliphatic carbocycles. The molecule has 2 aromatic rings. The van der Waals surface area contributed by atoms with Crippen molar-refractivity contribution in [2.24, 2.45) is 0 Å². The number of nitrogens with one attached hydrogen (secondary N) is 2. The Bertz CT molecular complexity index is 759. The van der Waals surface area contributed by atoms with Gasteiger partial charge in [-0.3, -0.25) is 9.59 Å². The molecule has 0 saturated carbocycles. The molecular formula is C17H18BrN3O3. The standard InChI is InChI=1S/C17H18BrN3O3/c1-11-10-19-7-8-21(11)17(23)12-3-2-4-13(9-12)20-16(22)14-5-6-15(18)24-14/h2-6,9,11,19H,7-8,10H2,1H3,(H,20,22)/t11-/m0/s1. The van der Waals surface area contributed by atoms with E-state index in [1.54, 1.807) is 36.4 Å². The zero-order valence-electron chi connectivity index (χ0n) is 13.2. The minimum absolute atomic E-state index is 0.0270. The van der Waals surface area contributed by atoms with Crippen LogP contribution in [0.4, 0.5) is 5.69 Å². The molecule has 126 valence electrons. The molecule has 7 heteroatoms. The van der Waals surface area contributed by atoms with E-state index >= 15 is 0 Å². The van der Waals surface area contributed by atoms with Gasteiger partial charge in [-0.2, -0.15) is 0 Å². The molecule has 2 heterocycles. The van der Waals surface area contributed by atoms with Crippen molar-refractivity contribution < 1.29 is 14.0 Å². The van der Waals surface area contributed by atoms with Crippen LogP contribution in [0.15, 0.2) is 45.5 Å². The van der Waals surface area contributed by atoms with Gasteiger partial charge in [0.15, 0.2) is 10.4 Å². The van der Waals surface area contributed by atoms with Gasteiger partial charge in [0.25, 0.3) is 11.8 Å². The molecule has 1 saturated heterocycles. The third kappa shape index (κ3) is 3.68. The third-order valence-corrected chi connectivity index (χ3v) is 4.35. The first-order chi connectivity index (χ1) is 11.5. The fourth-order valence-electron chi connectivity index (χ4n) is 2.67. The molecule has 2 amide bonds. The van der Waals surface area contributed by atoms with Crippen molar-refractivity contribution in [1.29, 1.82) is 0 Å². The lowest BCUT2D eigenvalue weighted by atomic mass is 10.1. The fraction of sp³-hybridized carbons (Fsp3) is 0.294. The quantitative estimate of drug-likeness (QED) is 0.843. The van der Waals surface area contributed by atoms with Crippen LogP contribution in [0.5, 0.6) is 0 Å². The minimum atomic E-state index is -0.360. The van der Waals surface area contributed by atoms with Crippen LogP contribution in [0, 0.1) is 0 Å². The Morgan fingerprint density at radius 1 is 1.33 bits per heavy atom. The number of hydrogen-bond donors (Lipinski definition) is 2. The van der Waals surface area contributed by atoms with E-state index in [9.17, 15) is 9.59 Å². The lowest BCUT2D eigenvalue weighted by Gasteiger charge is -2.34. The molecule has 1 aliphatic rings. The first-order valence-corrected chi connectivity index (χ1v) is 8.52. The molecule has 1 fully saturated rings. The van der Waals surface area contributed by atoms with Crippen LogP contribution < -0.4 is 10.6 Å². The molecule has 0 unspecified atom stereocenters. The van der Waals surface area contributed by atoms with Crippen LogP contribution >= 0.6 is 15.9 Å².